The third-order valence-electron chi connectivity index (χ3n) is 4.96. The standard InChI is InChI=1S/C21H26N2O5S/c1-16-11-13-23(14-12-16)29(25,26)18-9-7-17(8-10-18)28-15-21(24)22-19-5-3-4-6-20(19)27-2/h3-10,16H,11-15H2,1-2H3,(H,22,24). The van der Waals surface area contributed by atoms with E-state index in [1.54, 1.807) is 30.3 Å². The molecule has 1 aliphatic heterocycles. The van der Waals surface area contributed by atoms with Gasteiger partial charge in [0.05, 0.1) is 17.7 Å². The first-order chi connectivity index (χ1) is 13.9. The van der Waals surface area contributed by atoms with E-state index in [4.69, 9.17) is 9.47 Å². The molecular weight excluding hydrogens is 392 g/mol. The molecule has 156 valence electrons. The maximum absolute atomic E-state index is 12.7. The predicted molar refractivity (Wildman–Crippen MR) is 111 cm³/mol. The Balaban J connectivity index is 1.57. The number of piperidine rings is 1. The molecule has 0 bridgehead atoms. The number of nitrogens with one attached hydrogen (secondary N) is 1. The highest BCUT2D eigenvalue weighted by molar-refractivity contribution is 7.89. The smallest absolute Gasteiger partial charge is 0.262 e. The number of para-hydroxylation sites is 2. The van der Waals surface area contributed by atoms with Crippen molar-refractivity contribution in [2.75, 3.05) is 32.1 Å². The average Bonchev–Trinajstić information content (AvgIpc) is 2.73. The number of ether oxygens (including phenoxy) is 2. The van der Waals surface area contributed by atoms with Gasteiger partial charge in [0.25, 0.3) is 5.91 Å². The zero-order valence-electron chi connectivity index (χ0n) is 16.6. The summed E-state index contributed by atoms with van der Waals surface area (Å²) < 4.78 is 37.7. The zero-order chi connectivity index (χ0) is 20.9. The lowest BCUT2D eigenvalue weighted by molar-refractivity contribution is -0.118. The highest BCUT2D eigenvalue weighted by atomic mass is 32.2. The van der Waals surface area contributed by atoms with Crippen LogP contribution in [0.4, 0.5) is 5.69 Å². The van der Waals surface area contributed by atoms with Crippen LogP contribution >= 0.6 is 0 Å². The van der Waals surface area contributed by atoms with Crippen molar-refractivity contribution >= 4 is 21.6 Å². The lowest BCUT2D eigenvalue weighted by atomic mass is 10.0. The molecule has 2 aromatic carbocycles. The van der Waals surface area contributed by atoms with Crippen molar-refractivity contribution < 1.29 is 22.7 Å². The fraction of sp³-hybridized carbons (Fsp3) is 0.381. The number of hydrogen-bond acceptors (Lipinski definition) is 5. The first-order valence-electron chi connectivity index (χ1n) is 9.56. The number of carbonyl (C=O) groups excluding carboxylic acids is 1. The van der Waals surface area contributed by atoms with E-state index in [-0.39, 0.29) is 17.4 Å². The van der Waals surface area contributed by atoms with E-state index >= 15 is 0 Å². The van der Waals surface area contributed by atoms with Gasteiger partial charge in [0.1, 0.15) is 11.5 Å². The summed E-state index contributed by atoms with van der Waals surface area (Å²) in [5.41, 5.74) is 0.556. The number of carbonyl (C=O) groups is 1. The van der Waals surface area contributed by atoms with Gasteiger partial charge in [0, 0.05) is 13.1 Å². The Morgan fingerprint density at radius 2 is 1.76 bits per heavy atom. The van der Waals surface area contributed by atoms with Gasteiger partial charge >= 0.3 is 0 Å². The molecule has 0 saturated carbocycles. The number of anilines is 1. The van der Waals surface area contributed by atoms with Crippen LogP contribution in [0, 0.1) is 5.92 Å². The highest BCUT2D eigenvalue weighted by Gasteiger charge is 2.27. The molecule has 1 aliphatic rings. The van der Waals surface area contributed by atoms with E-state index in [2.05, 4.69) is 12.2 Å². The molecule has 0 aliphatic carbocycles. The van der Waals surface area contributed by atoms with Crippen LogP contribution < -0.4 is 14.8 Å². The molecule has 0 aromatic heterocycles. The molecule has 7 nitrogen and oxygen atoms in total. The summed E-state index contributed by atoms with van der Waals surface area (Å²) in [6.07, 6.45) is 1.75. The van der Waals surface area contributed by atoms with Gasteiger partial charge in [-0.3, -0.25) is 4.79 Å². The fourth-order valence-corrected chi connectivity index (χ4v) is 4.63. The van der Waals surface area contributed by atoms with Gasteiger partial charge in [-0.1, -0.05) is 19.1 Å². The fourth-order valence-electron chi connectivity index (χ4n) is 3.17. The van der Waals surface area contributed by atoms with E-state index in [9.17, 15) is 13.2 Å². The van der Waals surface area contributed by atoms with Gasteiger partial charge in [-0.25, -0.2) is 8.42 Å². The van der Waals surface area contributed by atoms with E-state index in [0.29, 0.717) is 36.2 Å². The summed E-state index contributed by atoms with van der Waals surface area (Å²) >= 11 is 0. The Kier molecular flexibility index (Phi) is 6.76. The molecule has 1 heterocycles. The predicted octanol–water partition coefficient (Wildman–Crippen LogP) is 3.13. The minimum absolute atomic E-state index is 0.200. The summed E-state index contributed by atoms with van der Waals surface area (Å²) in [6.45, 7) is 3.03. The topological polar surface area (TPSA) is 84.9 Å². The number of methoxy groups -OCH3 is 1. The van der Waals surface area contributed by atoms with E-state index in [1.165, 1.54) is 23.5 Å². The molecular formula is C21H26N2O5S. The number of rotatable bonds is 7. The van der Waals surface area contributed by atoms with E-state index in [1.807, 2.05) is 6.07 Å². The first-order valence-corrected chi connectivity index (χ1v) is 11.0. The first kappa shape index (κ1) is 21.1. The van der Waals surface area contributed by atoms with Crippen LogP contribution in [0.5, 0.6) is 11.5 Å². The third kappa shape index (κ3) is 5.27. The summed E-state index contributed by atoms with van der Waals surface area (Å²) in [5.74, 6) is 1.20. The van der Waals surface area contributed by atoms with Crippen molar-refractivity contribution in [3.8, 4) is 11.5 Å². The van der Waals surface area contributed by atoms with Crippen LogP contribution in [-0.2, 0) is 14.8 Å². The Labute approximate surface area is 171 Å². The third-order valence-corrected chi connectivity index (χ3v) is 6.87. The SMILES string of the molecule is COc1ccccc1NC(=O)COc1ccc(S(=O)(=O)N2CCC(C)CC2)cc1. The molecule has 1 N–H and O–H groups in total. The maximum atomic E-state index is 12.7. The number of benzene rings is 2. The van der Waals surface area contributed by atoms with Crippen LogP contribution in [-0.4, -0.2) is 45.4 Å². The molecule has 1 fully saturated rings. The number of amides is 1. The Morgan fingerprint density at radius 1 is 1.10 bits per heavy atom. The van der Waals surface area contributed by atoms with Crippen LogP contribution in [0.15, 0.2) is 53.4 Å². The molecule has 3 rings (SSSR count). The summed E-state index contributed by atoms with van der Waals surface area (Å²) in [4.78, 5) is 12.4. The largest absolute Gasteiger partial charge is 0.495 e. The molecule has 0 unspecified atom stereocenters. The van der Waals surface area contributed by atoms with Crippen molar-refractivity contribution in [2.24, 2.45) is 5.92 Å². The number of hydrogen-bond donors (Lipinski definition) is 1. The normalized spacial score (nSPS) is 15.7. The van der Waals surface area contributed by atoms with Crippen molar-refractivity contribution in [2.45, 2.75) is 24.7 Å². The van der Waals surface area contributed by atoms with Crippen LogP contribution in [0.1, 0.15) is 19.8 Å². The second kappa shape index (κ2) is 9.28. The van der Waals surface area contributed by atoms with Gasteiger partial charge < -0.3 is 14.8 Å². The molecule has 29 heavy (non-hydrogen) atoms. The minimum Gasteiger partial charge on any atom is -0.495 e. The molecule has 1 amide bonds. The lowest BCUT2D eigenvalue weighted by Crippen LogP contribution is -2.37. The summed E-state index contributed by atoms with van der Waals surface area (Å²) in [7, 11) is -1.97. The summed E-state index contributed by atoms with van der Waals surface area (Å²) in [5, 5.41) is 2.72. The highest BCUT2D eigenvalue weighted by Crippen LogP contribution is 2.25. The minimum atomic E-state index is -3.50. The molecule has 0 atom stereocenters. The zero-order valence-corrected chi connectivity index (χ0v) is 17.4. The molecule has 1 saturated heterocycles. The second-order valence-corrected chi connectivity index (χ2v) is 9.03. The molecule has 8 heteroatoms. The van der Waals surface area contributed by atoms with Gasteiger partial charge in [-0.2, -0.15) is 4.31 Å². The Bertz CT molecular complexity index is 936. The second-order valence-electron chi connectivity index (χ2n) is 7.10. The Hall–Kier alpha value is -2.58. The monoisotopic (exact) mass is 418 g/mol. The summed E-state index contributed by atoms with van der Waals surface area (Å²) in [6, 6.07) is 13.2. The molecule has 0 radical (unpaired) electrons. The number of nitrogens with zero attached hydrogens (tertiary/aromatic N) is 1. The maximum Gasteiger partial charge on any atom is 0.262 e. The van der Waals surface area contributed by atoms with Crippen molar-refractivity contribution in [3.63, 3.8) is 0 Å². The van der Waals surface area contributed by atoms with Gasteiger partial charge in [-0.15, -0.1) is 0 Å². The quantitative estimate of drug-likeness (QED) is 0.747. The van der Waals surface area contributed by atoms with Crippen LogP contribution in [0.25, 0.3) is 0 Å². The van der Waals surface area contributed by atoms with Crippen LogP contribution in [0.3, 0.4) is 0 Å². The lowest BCUT2D eigenvalue weighted by Gasteiger charge is -2.29. The van der Waals surface area contributed by atoms with Gasteiger partial charge in [0.15, 0.2) is 6.61 Å². The molecule has 2 aromatic rings. The number of sulfonamides is 1. The van der Waals surface area contributed by atoms with E-state index in [0.717, 1.165) is 12.8 Å². The molecule has 0 spiro atoms. The Morgan fingerprint density at radius 3 is 2.41 bits per heavy atom. The average molecular weight is 419 g/mol. The van der Waals surface area contributed by atoms with Crippen molar-refractivity contribution in [1.82, 2.24) is 4.31 Å². The van der Waals surface area contributed by atoms with Crippen molar-refractivity contribution in [1.29, 1.82) is 0 Å². The van der Waals surface area contributed by atoms with E-state index < -0.39 is 10.0 Å². The van der Waals surface area contributed by atoms with Crippen LogP contribution in [0.2, 0.25) is 0 Å². The van der Waals surface area contributed by atoms with Gasteiger partial charge in [-0.05, 0) is 55.2 Å². The van der Waals surface area contributed by atoms with Gasteiger partial charge in [0.2, 0.25) is 10.0 Å². The van der Waals surface area contributed by atoms with Crippen molar-refractivity contribution in [3.05, 3.63) is 48.5 Å².